The van der Waals surface area contributed by atoms with Gasteiger partial charge in [-0.05, 0) is 50.4 Å². The Balaban J connectivity index is 1.76. The molecule has 0 bridgehead atoms. The summed E-state index contributed by atoms with van der Waals surface area (Å²) >= 11 is 1.80. The van der Waals surface area contributed by atoms with Gasteiger partial charge >= 0.3 is 6.16 Å². The second-order valence-electron chi connectivity index (χ2n) is 6.00. The lowest BCUT2D eigenvalue weighted by molar-refractivity contribution is 0.0691. The Morgan fingerprint density at radius 2 is 2.30 bits per heavy atom. The Labute approximate surface area is 140 Å². The summed E-state index contributed by atoms with van der Waals surface area (Å²) in [6.07, 6.45) is 3.15. The molecule has 1 aromatic carbocycles. The topological polar surface area (TPSA) is 54.6 Å². The third-order valence-electron chi connectivity index (χ3n) is 3.92. The molecule has 0 spiro atoms. The molecule has 1 aromatic heterocycles. The van der Waals surface area contributed by atoms with E-state index in [1.54, 1.807) is 11.8 Å². The minimum absolute atomic E-state index is 0.0221. The number of H-pyrrole nitrogens is 1. The number of aromatic amines is 1. The molecule has 1 fully saturated rings. The first-order valence-corrected chi connectivity index (χ1v) is 8.99. The number of hydrogen-bond donors (Lipinski definition) is 1. The van der Waals surface area contributed by atoms with Gasteiger partial charge in [-0.15, -0.1) is 0 Å². The number of carbonyl (C=O) groups excluding carboxylic acids is 1. The lowest BCUT2D eigenvalue weighted by Gasteiger charge is -2.12. The summed E-state index contributed by atoms with van der Waals surface area (Å²) in [6, 6.07) is 5.68. The number of likely N-dealkylation sites (N-methyl/N-ethyl adjacent to an activating group) is 1. The summed E-state index contributed by atoms with van der Waals surface area (Å²) in [4.78, 5) is 17.4. The van der Waals surface area contributed by atoms with Gasteiger partial charge in [-0.1, -0.05) is 6.07 Å². The van der Waals surface area contributed by atoms with E-state index in [-0.39, 0.29) is 6.10 Å². The molecule has 23 heavy (non-hydrogen) atoms. The van der Waals surface area contributed by atoms with Crippen LogP contribution in [0.15, 0.2) is 24.4 Å². The van der Waals surface area contributed by atoms with E-state index in [1.807, 2.05) is 38.5 Å². The average molecular weight is 334 g/mol. The van der Waals surface area contributed by atoms with Crippen molar-refractivity contribution < 1.29 is 14.3 Å². The van der Waals surface area contributed by atoms with E-state index in [4.69, 9.17) is 9.47 Å². The van der Waals surface area contributed by atoms with Crippen LogP contribution in [0, 0.1) is 0 Å². The van der Waals surface area contributed by atoms with Crippen molar-refractivity contribution in [2.24, 2.45) is 0 Å². The molecule has 1 saturated heterocycles. The average Bonchev–Trinajstić information content (AvgIpc) is 3.15. The normalized spacial score (nSPS) is 17.8. The van der Waals surface area contributed by atoms with E-state index in [1.165, 1.54) is 0 Å². The molecule has 5 nitrogen and oxygen atoms in total. The summed E-state index contributed by atoms with van der Waals surface area (Å²) in [5.74, 6) is 2.46. The van der Waals surface area contributed by atoms with Crippen LogP contribution in [0.3, 0.4) is 0 Å². The van der Waals surface area contributed by atoms with Gasteiger partial charge in [0.05, 0.1) is 0 Å². The van der Waals surface area contributed by atoms with Crippen molar-refractivity contribution in [2.75, 3.05) is 32.1 Å². The summed E-state index contributed by atoms with van der Waals surface area (Å²) in [5, 5.41) is 0.965. The maximum Gasteiger partial charge on any atom is 0.514 e. The summed E-state index contributed by atoms with van der Waals surface area (Å²) in [5.41, 5.74) is 2.12. The largest absolute Gasteiger partial charge is 0.514 e. The molecule has 1 atom stereocenters. The second-order valence-corrected chi connectivity index (χ2v) is 7.15. The fraction of sp³-hybridized carbons (Fsp3) is 0.471. The smallest absolute Gasteiger partial charge is 0.430 e. The summed E-state index contributed by atoms with van der Waals surface area (Å²) in [6.45, 7) is 0.936. The maximum absolute atomic E-state index is 12.0. The molecule has 0 amide bonds. The Morgan fingerprint density at radius 1 is 1.43 bits per heavy atom. The zero-order valence-electron chi connectivity index (χ0n) is 13.5. The van der Waals surface area contributed by atoms with Crippen LogP contribution in [0.5, 0.6) is 5.75 Å². The van der Waals surface area contributed by atoms with E-state index in [2.05, 4.69) is 9.88 Å². The van der Waals surface area contributed by atoms with Crippen LogP contribution in [0.4, 0.5) is 4.79 Å². The van der Waals surface area contributed by atoms with Crippen molar-refractivity contribution in [1.29, 1.82) is 0 Å². The predicted molar refractivity (Wildman–Crippen MR) is 93.4 cm³/mol. The zero-order chi connectivity index (χ0) is 16.2. The molecule has 3 rings (SSSR count). The third-order valence-corrected chi connectivity index (χ3v) is 5.05. The number of rotatable bonds is 5. The van der Waals surface area contributed by atoms with Gasteiger partial charge < -0.3 is 19.4 Å². The number of aromatic nitrogens is 1. The highest BCUT2D eigenvalue weighted by Gasteiger charge is 2.22. The number of thioether (sulfide) groups is 1. The molecule has 1 aliphatic rings. The molecule has 124 valence electrons. The van der Waals surface area contributed by atoms with Gasteiger partial charge in [0.25, 0.3) is 0 Å². The van der Waals surface area contributed by atoms with Gasteiger partial charge in [-0.25, -0.2) is 4.79 Å². The number of fused-ring (bicyclic) bond motifs is 1. The van der Waals surface area contributed by atoms with E-state index < -0.39 is 6.16 Å². The Morgan fingerprint density at radius 3 is 3.04 bits per heavy atom. The molecule has 2 heterocycles. The van der Waals surface area contributed by atoms with Gasteiger partial charge in [-0.3, -0.25) is 0 Å². The van der Waals surface area contributed by atoms with Crippen molar-refractivity contribution in [2.45, 2.75) is 18.9 Å². The highest BCUT2D eigenvalue weighted by molar-refractivity contribution is 7.99. The molecular formula is C17H22N2O3S. The van der Waals surface area contributed by atoms with E-state index in [0.717, 1.165) is 47.4 Å². The molecule has 6 heteroatoms. The molecule has 0 aliphatic carbocycles. The van der Waals surface area contributed by atoms with Crippen LogP contribution in [-0.4, -0.2) is 54.3 Å². The van der Waals surface area contributed by atoms with Crippen molar-refractivity contribution in [3.63, 3.8) is 0 Å². The number of hydrogen-bond acceptors (Lipinski definition) is 5. The maximum atomic E-state index is 12.0. The van der Waals surface area contributed by atoms with Crippen LogP contribution in [0.1, 0.15) is 12.0 Å². The van der Waals surface area contributed by atoms with Crippen LogP contribution >= 0.6 is 11.8 Å². The van der Waals surface area contributed by atoms with Gasteiger partial charge in [0.2, 0.25) is 0 Å². The van der Waals surface area contributed by atoms with Gasteiger partial charge in [-0.2, -0.15) is 11.8 Å². The van der Waals surface area contributed by atoms with Crippen molar-refractivity contribution in [3.05, 3.63) is 30.0 Å². The molecule has 0 saturated carbocycles. The minimum atomic E-state index is -0.607. The first-order valence-electron chi connectivity index (χ1n) is 7.83. The number of benzene rings is 1. The highest BCUT2D eigenvalue weighted by atomic mass is 32.2. The van der Waals surface area contributed by atoms with Crippen LogP contribution in [0.2, 0.25) is 0 Å². The second kappa shape index (κ2) is 7.27. The summed E-state index contributed by atoms with van der Waals surface area (Å²) in [7, 11) is 4.09. The van der Waals surface area contributed by atoms with Gasteiger partial charge in [0.15, 0.2) is 0 Å². The number of nitrogens with one attached hydrogen (secondary N) is 1. The first kappa shape index (κ1) is 16.2. The standard InChI is InChI=1S/C17H22N2O3S/c1-19(2)8-6-12-10-18-14-4-3-5-15(16(12)14)22-17(20)21-13-7-9-23-11-13/h3-5,10,13,18H,6-9,11H2,1-2H3. The van der Waals surface area contributed by atoms with Crippen LogP contribution in [-0.2, 0) is 11.2 Å². The molecule has 1 unspecified atom stereocenters. The predicted octanol–water partition coefficient (Wildman–Crippen LogP) is 3.29. The Bertz CT molecular complexity index is 678. The number of ether oxygens (including phenoxy) is 2. The fourth-order valence-electron chi connectivity index (χ4n) is 2.70. The number of nitrogens with zero attached hydrogens (tertiary/aromatic N) is 1. The van der Waals surface area contributed by atoms with E-state index >= 15 is 0 Å². The van der Waals surface area contributed by atoms with Gasteiger partial charge in [0.1, 0.15) is 11.9 Å². The highest BCUT2D eigenvalue weighted by Crippen LogP contribution is 2.30. The van der Waals surface area contributed by atoms with Crippen molar-refractivity contribution in [3.8, 4) is 5.75 Å². The molecule has 1 aliphatic heterocycles. The SMILES string of the molecule is CN(C)CCc1c[nH]c2cccc(OC(=O)OC3CCSC3)c12. The number of carbonyl (C=O) groups is 1. The molecule has 0 radical (unpaired) electrons. The first-order chi connectivity index (χ1) is 11.1. The van der Waals surface area contributed by atoms with Crippen LogP contribution in [0.25, 0.3) is 10.9 Å². The molecule has 1 N–H and O–H groups in total. The van der Waals surface area contributed by atoms with Crippen molar-refractivity contribution >= 4 is 28.8 Å². The van der Waals surface area contributed by atoms with E-state index in [0.29, 0.717) is 5.75 Å². The fourth-order valence-corrected chi connectivity index (χ4v) is 3.80. The summed E-state index contributed by atoms with van der Waals surface area (Å²) < 4.78 is 10.9. The Kier molecular flexibility index (Phi) is 5.13. The van der Waals surface area contributed by atoms with E-state index in [9.17, 15) is 4.79 Å². The molecular weight excluding hydrogens is 312 g/mol. The monoisotopic (exact) mass is 334 g/mol. The lowest BCUT2D eigenvalue weighted by atomic mass is 10.1. The van der Waals surface area contributed by atoms with Gasteiger partial charge in [0, 0.05) is 29.4 Å². The quantitative estimate of drug-likeness (QED) is 0.672. The zero-order valence-corrected chi connectivity index (χ0v) is 14.3. The third kappa shape index (κ3) is 4.00. The molecule has 2 aromatic rings. The van der Waals surface area contributed by atoms with Crippen molar-refractivity contribution in [1.82, 2.24) is 9.88 Å². The minimum Gasteiger partial charge on any atom is -0.430 e. The lowest BCUT2D eigenvalue weighted by Crippen LogP contribution is -2.20. The Hall–Kier alpha value is -1.66. The van der Waals surface area contributed by atoms with Crippen LogP contribution < -0.4 is 4.74 Å².